The van der Waals surface area contributed by atoms with Gasteiger partial charge in [-0.15, -0.1) is 0 Å². The number of nitrogens with one attached hydrogen (secondary N) is 1. The van der Waals surface area contributed by atoms with Gasteiger partial charge >= 0.3 is 5.97 Å². The Morgan fingerprint density at radius 3 is 2.38 bits per heavy atom. The zero-order valence-corrected chi connectivity index (χ0v) is 15.6. The molecule has 0 saturated carbocycles. The highest BCUT2D eigenvalue weighted by molar-refractivity contribution is 8.00. The van der Waals surface area contributed by atoms with E-state index in [4.69, 9.17) is 5.11 Å². The number of anilines is 1. The molecule has 132 valence electrons. The van der Waals surface area contributed by atoms with Gasteiger partial charge in [0.2, 0.25) is 5.95 Å². The van der Waals surface area contributed by atoms with Gasteiger partial charge in [-0.2, -0.15) is 0 Å². The first-order valence-electron chi connectivity index (χ1n) is 8.12. The normalized spacial score (nSPS) is 10.6. The maximum Gasteiger partial charge on any atom is 0.335 e. The Morgan fingerprint density at radius 2 is 1.69 bits per heavy atom. The van der Waals surface area contributed by atoms with E-state index in [-0.39, 0.29) is 5.56 Å². The third-order valence-electron chi connectivity index (χ3n) is 3.93. The molecule has 26 heavy (non-hydrogen) atoms. The van der Waals surface area contributed by atoms with Gasteiger partial charge in [-0.05, 0) is 68.1 Å². The molecule has 2 aromatic carbocycles. The Hall–Kier alpha value is -2.86. The third-order valence-corrected chi connectivity index (χ3v) is 4.71. The molecule has 0 atom stereocenters. The summed E-state index contributed by atoms with van der Waals surface area (Å²) in [4.78, 5) is 20.9. The van der Waals surface area contributed by atoms with Gasteiger partial charge in [-0.1, -0.05) is 24.3 Å². The summed E-state index contributed by atoms with van der Waals surface area (Å²) in [7, 11) is 0. The van der Waals surface area contributed by atoms with Crippen LogP contribution >= 0.6 is 11.9 Å². The first-order chi connectivity index (χ1) is 12.4. The summed E-state index contributed by atoms with van der Waals surface area (Å²) in [6.45, 7) is 6.07. The summed E-state index contributed by atoms with van der Waals surface area (Å²) < 4.78 is 3.12. The number of carboxylic acids is 1. The molecule has 6 heteroatoms. The summed E-state index contributed by atoms with van der Waals surface area (Å²) in [5.41, 5.74) is 5.42. The highest BCUT2D eigenvalue weighted by Gasteiger charge is 2.10. The van der Waals surface area contributed by atoms with Crippen LogP contribution in [0.1, 0.15) is 27.2 Å². The van der Waals surface area contributed by atoms with Crippen LogP contribution in [0.4, 0.5) is 5.95 Å². The number of nitrogens with zero attached hydrogens (tertiary/aromatic N) is 2. The van der Waals surface area contributed by atoms with Crippen LogP contribution in [0, 0.1) is 20.8 Å². The number of hydrogen-bond acceptors (Lipinski definition) is 5. The highest BCUT2D eigenvalue weighted by Crippen LogP contribution is 2.28. The Kier molecular flexibility index (Phi) is 5.23. The monoisotopic (exact) mass is 365 g/mol. The molecule has 0 saturated heterocycles. The lowest BCUT2D eigenvalue weighted by Gasteiger charge is -2.12. The van der Waals surface area contributed by atoms with Gasteiger partial charge in [0, 0.05) is 16.2 Å². The second-order valence-electron chi connectivity index (χ2n) is 6.02. The minimum absolute atomic E-state index is 0.248. The number of aromatic carboxylic acids is 1. The molecule has 0 bridgehead atoms. The lowest BCUT2D eigenvalue weighted by atomic mass is 9.99. The van der Waals surface area contributed by atoms with Crippen molar-refractivity contribution in [3.05, 3.63) is 70.9 Å². The van der Waals surface area contributed by atoms with Gasteiger partial charge in [0.25, 0.3) is 0 Å². The molecule has 1 aromatic heterocycles. The Labute approximate surface area is 156 Å². The molecule has 0 aliphatic carbocycles. The Balaban J connectivity index is 1.87. The largest absolute Gasteiger partial charge is 0.478 e. The zero-order chi connectivity index (χ0) is 18.7. The van der Waals surface area contributed by atoms with E-state index >= 15 is 0 Å². The van der Waals surface area contributed by atoms with E-state index in [1.54, 1.807) is 18.2 Å². The van der Waals surface area contributed by atoms with Gasteiger partial charge in [-0.3, -0.25) is 4.72 Å². The van der Waals surface area contributed by atoms with Crippen LogP contribution in [0.3, 0.4) is 0 Å². The van der Waals surface area contributed by atoms with Crippen molar-refractivity contribution in [2.75, 3.05) is 4.72 Å². The molecular weight excluding hydrogens is 346 g/mol. The maximum atomic E-state index is 11.1. The number of carbonyl (C=O) groups is 1. The van der Waals surface area contributed by atoms with E-state index < -0.39 is 5.97 Å². The molecule has 5 nitrogen and oxygen atoms in total. The fourth-order valence-electron chi connectivity index (χ4n) is 2.76. The molecular formula is C20H19N3O2S. The first-order valence-corrected chi connectivity index (χ1v) is 8.94. The molecule has 1 heterocycles. The van der Waals surface area contributed by atoms with Crippen molar-refractivity contribution in [1.82, 2.24) is 9.97 Å². The predicted molar refractivity (Wildman–Crippen MR) is 105 cm³/mol. The van der Waals surface area contributed by atoms with Crippen molar-refractivity contribution in [3.8, 4) is 11.3 Å². The quantitative estimate of drug-likeness (QED) is 0.627. The predicted octanol–water partition coefficient (Wildman–Crippen LogP) is 4.89. The lowest BCUT2D eigenvalue weighted by molar-refractivity contribution is 0.0696. The average molecular weight is 365 g/mol. The molecule has 0 amide bonds. The second-order valence-corrected chi connectivity index (χ2v) is 6.90. The molecule has 0 aliphatic heterocycles. The number of benzene rings is 2. The minimum atomic E-state index is -0.948. The number of carboxylic acid groups (broad SMARTS) is 1. The van der Waals surface area contributed by atoms with Gasteiger partial charge in [-0.25, -0.2) is 14.8 Å². The van der Waals surface area contributed by atoms with Crippen LogP contribution < -0.4 is 4.72 Å². The van der Waals surface area contributed by atoms with Crippen LogP contribution in [-0.2, 0) is 0 Å². The van der Waals surface area contributed by atoms with Gasteiger partial charge in [0.1, 0.15) is 0 Å². The molecule has 0 aliphatic rings. The van der Waals surface area contributed by atoms with Crippen molar-refractivity contribution in [2.24, 2.45) is 0 Å². The van der Waals surface area contributed by atoms with E-state index in [2.05, 4.69) is 40.7 Å². The van der Waals surface area contributed by atoms with E-state index in [0.29, 0.717) is 5.95 Å². The van der Waals surface area contributed by atoms with Crippen molar-refractivity contribution < 1.29 is 9.90 Å². The van der Waals surface area contributed by atoms with Gasteiger partial charge < -0.3 is 5.11 Å². The molecule has 3 rings (SSSR count). The van der Waals surface area contributed by atoms with Crippen LogP contribution in [0.15, 0.2) is 53.4 Å². The first kappa shape index (κ1) is 17.9. The van der Waals surface area contributed by atoms with Crippen LogP contribution in [0.2, 0.25) is 0 Å². The molecule has 0 unspecified atom stereocenters. The summed E-state index contributed by atoms with van der Waals surface area (Å²) in [5.74, 6) is -0.454. The zero-order valence-electron chi connectivity index (χ0n) is 14.8. The SMILES string of the molecule is Cc1cc(-c2c(C)cccc2C)nc(NSc2cccc(C(=O)O)c2)n1. The Bertz CT molecular complexity index is 953. The number of rotatable bonds is 5. The Morgan fingerprint density at radius 1 is 1.00 bits per heavy atom. The summed E-state index contributed by atoms with van der Waals surface area (Å²) in [5, 5.41) is 9.09. The van der Waals surface area contributed by atoms with Crippen molar-refractivity contribution >= 4 is 23.9 Å². The highest BCUT2D eigenvalue weighted by atomic mass is 32.2. The molecule has 2 N–H and O–H groups in total. The molecule has 0 fully saturated rings. The minimum Gasteiger partial charge on any atom is -0.478 e. The summed E-state index contributed by atoms with van der Waals surface area (Å²) in [6, 6.07) is 14.9. The van der Waals surface area contributed by atoms with E-state index in [0.717, 1.165) is 33.0 Å². The standard InChI is InChI=1S/C20H19N3O2S/c1-12-6-4-7-13(2)18(12)17-10-14(3)21-20(22-17)23-26-16-9-5-8-15(11-16)19(24)25/h4-11H,1-3H3,(H,24,25)(H,21,22,23). The molecule has 3 aromatic rings. The topological polar surface area (TPSA) is 75.1 Å². The van der Waals surface area contributed by atoms with Gasteiger partial charge in [0.05, 0.1) is 11.3 Å². The smallest absolute Gasteiger partial charge is 0.335 e. The van der Waals surface area contributed by atoms with Crippen molar-refractivity contribution in [3.63, 3.8) is 0 Å². The summed E-state index contributed by atoms with van der Waals surface area (Å²) >= 11 is 1.29. The van der Waals surface area contributed by atoms with Crippen LogP contribution in [0.25, 0.3) is 11.3 Å². The number of aromatic nitrogens is 2. The fourth-order valence-corrected chi connectivity index (χ4v) is 3.39. The van der Waals surface area contributed by atoms with Gasteiger partial charge in [0.15, 0.2) is 0 Å². The van der Waals surface area contributed by atoms with E-state index in [1.165, 1.54) is 11.9 Å². The van der Waals surface area contributed by atoms with E-state index in [1.807, 2.05) is 25.1 Å². The van der Waals surface area contributed by atoms with Crippen molar-refractivity contribution in [1.29, 1.82) is 0 Å². The molecule has 0 radical (unpaired) electrons. The lowest BCUT2D eigenvalue weighted by Crippen LogP contribution is -2.00. The molecule has 0 spiro atoms. The van der Waals surface area contributed by atoms with Crippen LogP contribution in [-0.4, -0.2) is 21.0 Å². The number of aryl methyl sites for hydroxylation is 3. The summed E-state index contributed by atoms with van der Waals surface area (Å²) in [6.07, 6.45) is 0. The second kappa shape index (κ2) is 7.58. The van der Waals surface area contributed by atoms with E-state index in [9.17, 15) is 4.79 Å². The maximum absolute atomic E-state index is 11.1. The van der Waals surface area contributed by atoms with Crippen LogP contribution in [0.5, 0.6) is 0 Å². The van der Waals surface area contributed by atoms with Crippen molar-refractivity contribution in [2.45, 2.75) is 25.7 Å². The fraction of sp³-hybridized carbons (Fsp3) is 0.150. The number of hydrogen-bond donors (Lipinski definition) is 2. The third kappa shape index (κ3) is 4.03. The average Bonchev–Trinajstić information content (AvgIpc) is 2.60.